The second-order valence-corrected chi connectivity index (χ2v) is 13.8. The van der Waals surface area contributed by atoms with Gasteiger partial charge in [0.25, 0.3) is 5.91 Å². The van der Waals surface area contributed by atoms with E-state index in [-0.39, 0.29) is 9.77 Å². The van der Waals surface area contributed by atoms with Crippen LogP contribution in [0.15, 0.2) is 87.5 Å². The second-order valence-electron chi connectivity index (χ2n) is 9.68. The van der Waals surface area contributed by atoms with Crippen LogP contribution in [-0.4, -0.2) is 43.0 Å². The van der Waals surface area contributed by atoms with Gasteiger partial charge in [0, 0.05) is 27.1 Å². The average molecular weight is 657 g/mol. The first-order chi connectivity index (χ1) is 20.5. The first kappa shape index (κ1) is 29.1. The predicted molar refractivity (Wildman–Crippen MR) is 162 cm³/mol. The molecule has 0 spiro atoms. The zero-order valence-electron chi connectivity index (χ0n) is 21.9. The van der Waals surface area contributed by atoms with Crippen molar-refractivity contribution in [3.63, 3.8) is 0 Å². The van der Waals surface area contributed by atoms with Gasteiger partial charge in [-0.05, 0) is 54.6 Å². The highest BCUT2D eigenvalue weighted by molar-refractivity contribution is 8.00. The zero-order valence-corrected chi connectivity index (χ0v) is 25.1. The molecule has 3 aromatic carbocycles. The number of thiazole rings is 1. The van der Waals surface area contributed by atoms with Crippen molar-refractivity contribution >= 4 is 73.8 Å². The van der Waals surface area contributed by atoms with Crippen molar-refractivity contribution in [2.75, 3.05) is 16.8 Å². The summed E-state index contributed by atoms with van der Waals surface area (Å²) in [7, 11) is -3.88. The Morgan fingerprint density at radius 1 is 1.00 bits per heavy atom. The number of sulfonamides is 1. The molecule has 11 nitrogen and oxygen atoms in total. The van der Waals surface area contributed by atoms with Gasteiger partial charge >= 0.3 is 4.87 Å². The van der Waals surface area contributed by atoms with Gasteiger partial charge in [-0.2, -0.15) is 0 Å². The number of thioether (sulfide) groups is 1. The summed E-state index contributed by atoms with van der Waals surface area (Å²) in [5.41, 5.74) is 1.27. The van der Waals surface area contributed by atoms with Crippen LogP contribution in [-0.2, 0) is 24.4 Å². The number of nitrogens with one attached hydrogen (secondary N) is 2. The van der Waals surface area contributed by atoms with E-state index in [2.05, 4.69) is 10.3 Å². The maximum Gasteiger partial charge on any atom is 0.305 e. The lowest BCUT2D eigenvalue weighted by Crippen LogP contribution is -2.32. The number of rotatable bonds is 7. The lowest BCUT2D eigenvalue weighted by molar-refractivity contribution is -0.122. The number of imide groups is 1. The molecule has 1 aromatic heterocycles. The van der Waals surface area contributed by atoms with Crippen LogP contribution < -0.4 is 25.0 Å². The summed E-state index contributed by atoms with van der Waals surface area (Å²) >= 11 is 8.14. The van der Waals surface area contributed by atoms with Crippen molar-refractivity contribution in [2.24, 2.45) is 11.1 Å². The number of hydrogen-bond acceptors (Lipinski definition) is 9. The van der Waals surface area contributed by atoms with Gasteiger partial charge in [0.2, 0.25) is 21.8 Å². The molecule has 0 saturated carbocycles. The molecule has 1 saturated heterocycles. The van der Waals surface area contributed by atoms with Crippen LogP contribution in [0.4, 0.5) is 11.4 Å². The number of anilines is 2. The Morgan fingerprint density at radius 3 is 2.40 bits per heavy atom. The largest absolute Gasteiger partial charge is 0.483 e. The van der Waals surface area contributed by atoms with Crippen molar-refractivity contribution in [1.82, 2.24) is 4.98 Å². The van der Waals surface area contributed by atoms with Gasteiger partial charge in [0.1, 0.15) is 11.0 Å². The van der Waals surface area contributed by atoms with E-state index in [4.69, 9.17) is 21.5 Å². The molecule has 2 aliphatic heterocycles. The summed E-state index contributed by atoms with van der Waals surface area (Å²) in [6, 6.07) is 18.6. The summed E-state index contributed by atoms with van der Waals surface area (Å²) in [5.74, 6) is -2.60. The van der Waals surface area contributed by atoms with Gasteiger partial charge in [0.05, 0.1) is 21.5 Å². The maximum absolute atomic E-state index is 13.9. The normalized spacial score (nSPS) is 19.6. The van der Waals surface area contributed by atoms with Crippen LogP contribution in [0.25, 0.3) is 0 Å². The minimum Gasteiger partial charge on any atom is -0.483 e. The first-order valence-electron chi connectivity index (χ1n) is 12.7. The third kappa shape index (κ3) is 5.59. The topological polar surface area (TPSA) is 169 Å². The van der Waals surface area contributed by atoms with Crippen molar-refractivity contribution in [2.45, 2.75) is 21.1 Å². The molecule has 3 amide bonds. The lowest BCUT2D eigenvalue weighted by atomic mass is 9.82. The summed E-state index contributed by atoms with van der Waals surface area (Å²) in [6.45, 7) is -0.413. The van der Waals surface area contributed by atoms with Gasteiger partial charge in [0.15, 0.2) is 6.61 Å². The molecule has 0 bridgehead atoms. The van der Waals surface area contributed by atoms with Gasteiger partial charge in [-0.15, -0.1) is 0 Å². The summed E-state index contributed by atoms with van der Waals surface area (Å²) < 4.78 is 28.9. The smallest absolute Gasteiger partial charge is 0.305 e. The van der Waals surface area contributed by atoms with Crippen LogP contribution >= 0.6 is 34.7 Å². The number of nitrogens with two attached hydrogens (primary N) is 1. The molecule has 4 aromatic rings. The molecular weight excluding hydrogens is 636 g/mol. The molecule has 0 aliphatic carbocycles. The minimum atomic E-state index is -3.88. The summed E-state index contributed by atoms with van der Waals surface area (Å²) in [4.78, 5) is 56.8. The number of aromatic nitrogens is 1. The standard InChI is InChI=1S/C28H21ClN4O7S3/c29-14-5-9-16(10-6-14)33-26(35)22-21(23-25(32-28(37)42-23)41-24(22)27(33)36)18-3-1-2-4-19(18)40-13-20(34)31-15-7-11-17(12-8-15)43(30,38)39/h1-12,21-22,24H,13H2,(H,31,34)(H,32,37)(H2,30,38,39). The number of fused-ring (bicyclic) bond motifs is 2. The molecule has 1 fully saturated rings. The Balaban J connectivity index is 1.29. The van der Waals surface area contributed by atoms with Gasteiger partial charge in [-0.25, -0.2) is 18.5 Å². The van der Waals surface area contributed by atoms with Crippen LogP contribution in [0.2, 0.25) is 5.02 Å². The van der Waals surface area contributed by atoms with E-state index in [9.17, 15) is 27.6 Å². The highest BCUT2D eigenvalue weighted by atomic mass is 35.5. The molecule has 6 rings (SSSR count). The number of benzene rings is 3. The number of ether oxygens (including phenoxy) is 1. The molecule has 3 unspecified atom stereocenters. The van der Waals surface area contributed by atoms with E-state index in [1.54, 1.807) is 48.5 Å². The third-order valence-corrected chi connectivity index (χ3v) is 10.6. The van der Waals surface area contributed by atoms with Gasteiger partial charge < -0.3 is 15.0 Å². The number of primary sulfonamides is 1. The number of nitrogens with zero attached hydrogens (tertiary/aromatic N) is 1. The number of H-pyrrole nitrogens is 1. The molecule has 43 heavy (non-hydrogen) atoms. The number of halogens is 1. The maximum atomic E-state index is 13.9. The molecule has 2 aliphatic rings. The Bertz CT molecular complexity index is 1920. The van der Waals surface area contributed by atoms with Crippen LogP contribution in [0.5, 0.6) is 5.75 Å². The minimum absolute atomic E-state index is 0.0966. The summed E-state index contributed by atoms with van der Waals surface area (Å²) in [5, 5.41) is 7.91. The van der Waals surface area contributed by atoms with E-state index >= 15 is 0 Å². The number of carbonyl (C=O) groups excluding carboxylic acids is 3. The fraction of sp³-hybridized carbons (Fsp3) is 0.143. The van der Waals surface area contributed by atoms with Crippen molar-refractivity contribution in [3.8, 4) is 5.75 Å². The van der Waals surface area contributed by atoms with E-state index in [1.807, 2.05) is 0 Å². The van der Waals surface area contributed by atoms with Crippen molar-refractivity contribution in [1.29, 1.82) is 0 Å². The Morgan fingerprint density at radius 2 is 1.70 bits per heavy atom. The van der Waals surface area contributed by atoms with Crippen LogP contribution in [0, 0.1) is 5.92 Å². The first-order valence-corrected chi connectivity index (χ1v) is 16.3. The molecule has 0 radical (unpaired) electrons. The Kier molecular flexibility index (Phi) is 7.64. The van der Waals surface area contributed by atoms with Crippen molar-refractivity contribution in [3.05, 3.63) is 97.9 Å². The molecule has 3 heterocycles. The summed E-state index contributed by atoms with van der Waals surface area (Å²) in [6.07, 6.45) is 0. The average Bonchev–Trinajstić information content (AvgIpc) is 3.46. The number of hydrogen-bond donors (Lipinski definition) is 3. The van der Waals surface area contributed by atoms with E-state index in [1.165, 1.54) is 24.3 Å². The quantitative estimate of drug-likeness (QED) is 0.254. The van der Waals surface area contributed by atoms with Crippen molar-refractivity contribution < 1.29 is 27.5 Å². The molecule has 15 heteroatoms. The van der Waals surface area contributed by atoms with Gasteiger partial charge in [-0.3, -0.25) is 19.2 Å². The highest BCUT2D eigenvalue weighted by Crippen LogP contribution is 2.54. The Hall–Kier alpha value is -3.95. The Labute approximate surface area is 258 Å². The van der Waals surface area contributed by atoms with Gasteiger partial charge in [-0.1, -0.05) is 52.9 Å². The zero-order chi connectivity index (χ0) is 30.5. The molecule has 3 atom stereocenters. The molecule has 220 valence electrons. The number of aromatic amines is 1. The second kappa shape index (κ2) is 11.3. The molecular formula is C28H21ClN4O7S3. The van der Waals surface area contributed by atoms with Crippen LogP contribution in [0.3, 0.4) is 0 Å². The van der Waals surface area contributed by atoms with E-state index in [0.29, 0.717) is 37.6 Å². The number of para-hydroxylation sites is 1. The third-order valence-electron chi connectivity index (χ3n) is 6.99. The fourth-order valence-electron chi connectivity index (χ4n) is 5.13. The van der Waals surface area contributed by atoms with Crippen LogP contribution in [0.1, 0.15) is 16.4 Å². The highest BCUT2D eigenvalue weighted by Gasteiger charge is 2.56. The monoisotopic (exact) mass is 656 g/mol. The number of carbonyl (C=O) groups is 3. The predicted octanol–water partition coefficient (Wildman–Crippen LogP) is 3.55. The molecule has 4 N–H and O–H groups in total. The van der Waals surface area contributed by atoms with E-state index < -0.39 is 51.4 Å². The lowest BCUT2D eigenvalue weighted by Gasteiger charge is -2.30. The fourth-order valence-corrected chi connectivity index (χ4v) is 8.28. The van der Waals surface area contributed by atoms with E-state index in [0.717, 1.165) is 28.0 Å². The number of amides is 3. The SMILES string of the molecule is NS(=O)(=O)c1ccc(NC(=O)COc2ccccc2C2c3sc(=O)[nH]c3SC3C(=O)N(c4ccc(Cl)cc4)C(=O)C32)cc1.